The molecule has 0 amide bonds. The van der Waals surface area contributed by atoms with Crippen molar-refractivity contribution in [3.63, 3.8) is 0 Å². The van der Waals surface area contributed by atoms with E-state index in [2.05, 4.69) is 20.9 Å². The number of rotatable bonds is 3. The van der Waals surface area contributed by atoms with Crippen LogP contribution in [0.3, 0.4) is 0 Å². The quantitative estimate of drug-likeness (QED) is 0.540. The Labute approximate surface area is 144 Å². The van der Waals surface area contributed by atoms with E-state index in [4.69, 9.17) is 0 Å². The third-order valence-corrected chi connectivity index (χ3v) is 6.47. The molecule has 0 spiro atoms. The number of fused-ring (bicyclic) bond motifs is 1. The molecule has 2 aromatic heterocycles. The molecule has 21 heavy (non-hydrogen) atoms. The van der Waals surface area contributed by atoms with Crippen molar-refractivity contribution in [2.24, 2.45) is 0 Å². The first-order chi connectivity index (χ1) is 9.99. The van der Waals surface area contributed by atoms with E-state index in [1.54, 1.807) is 24.4 Å². The zero-order valence-corrected chi connectivity index (χ0v) is 15.3. The summed E-state index contributed by atoms with van der Waals surface area (Å²) >= 11 is 5.45. The lowest BCUT2D eigenvalue weighted by Crippen LogP contribution is -2.16. The lowest BCUT2D eigenvalue weighted by molar-refractivity contribution is 0.587. The van der Waals surface area contributed by atoms with Crippen LogP contribution in [0.25, 0.3) is 11.0 Å². The molecule has 0 atom stereocenters. The summed E-state index contributed by atoms with van der Waals surface area (Å²) in [5, 5.41) is 0.790. The van der Waals surface area contributed by atoms with Crippen LogP contribution in [0, 0.1) is 3.70 Å². The van der Waals surface area contributed by atoms with Crippen LogP contribution in [0.5, 0.6) is 0 Å². The maximum absolute atomic E-state index is 12.7. The van der Waals surface area contributed by atoms with Crippen LogP contribution >= 0.6 is 38.5 Å². The zero-order valence-electron chi connectivity index (χ0n) is 10.7. The number of nitrogens with zero attached hydrogens (tertiary/aromatic N) is 2. The van der Waals surface area contributed by atoms with Crippen molar-refractivity contribution >= 4 is 59.6 Å². The molecule has 0 aliphatic carbocycles. The first-order valence-corrected chi connectivity index (χ1v) is 9.56. The molecule has 0 saturated heterocycles. The fourth-order valence-corrected chi connectivity index (χ4v) is 5.45. The molecular formula is C14H10BrIN2O2S. The average molecular weight is 477 g/mol. The molecule has 0 aliphatic heterocycles. The highest BCUT2D eigenvalue weighted by Crippen LogP contribution is 2.28. The minimum atomic E-state index is -3.52. The maximum atomic E-state index is 12.7. The molecule has 3 rings (SSSR count). The van der Waals surface area contributed by atoms with Gasteiger partial charge in [0.25, 0.3) is 0 Å². The van der Waals surface area contributed by atoms with E-state index in [0.29, 0.717) is 9.35 Å². The van der Waals surface area contributed by atoms with Crippen molar-refractivity contribution in [3.8, 4) is 0 Å². The Morgan fingerprint density at radius 3 is 2.62 bits per heavy atom. The van der Waals surface area contributed by atoms with E-state index in [0.717, 1.165) is 15.4 Å². The van der Waals surface area contributed by atoms with Crippen molar-refractivity contribution in [1.82, 2.24) is 8.96 Å². The predicted molar refractivity (Wildman–Crippen MR) is 94.6 cm³/mol. The van der Waals surface area contributed by atoms with Gasteiger partial charge in [0.1, 0.15) is 0 Å². The first kappa shape index (κ1) is 15.0. The van der Waals surface area contributed by atoms with Gasteiger partial charge in [0.15, 0.2) is 5.65 Å². The second-order valence-corrected chi connectivity index (χ2v) is 8.28. The molecule has 0 bridgehead atoms. The molecule has 0 radical (unpaired) electrons. The smallest absolute Gasteiger partial charge is 0.237 e. The van der Waals surface area contributed by atoms with E-state index < -0.39 is 10.0 Å². The lowest BCUT2D eigenvalue weighted by Gasteiger charge is -2.08. The van der Waals surface area contributed by atoms with Gasteiger partial charge in [-0.15, -0.1) is 0 Å². The molecule has 0 aliphatic rings. The van der Waals surface area contributed by atoms with Crippen molar-refractivity contribution in [2.45, 2.75) is 5.75 Å². The standard InChI is InChI=1S/C14H10BrIN2O2S/c15-12-6-7-17-14-11(12)8-13(16)18(14)21(19,20)9-10-4-2-1-3-5-10/h1-8H,9H2. The summed E-state index contributed by atoms with van der Waals surface area (Å²) in [6.07, 6.45) is 1.59. The van der Waals surface area contributed by atoms with Crippen LogP contribution in [0.2, 0.25) is 0 Å². The van der Waals surface area contributed by atoms with Crippen LogP contribution < -0.4 is 0 Å². The molecule has 3 aromatic rings. The van der Waals surface area contributed by atoms with Gasteiger partial charge in [-0.3, -0.25) is 0 Å². The van der Waals surface area contributed by atoms with E-state index in [1.165, 1.54) is 3.97 Å². The van der Waals surface area contributed by atoms with Crippen LogP contribution in [-0.2, 0) is 15.8 Å². The summed E-state index contributed by atoms with van der Waals surface area (Å²) in [6.45, 7) is 0. The molecule has 0 fully saturated rings. The zero-order chi connectivity index (χ0) is 15.0. The third-order valence-electron chi connectivity index (χ3n) is 3.04. The number of benzene rings is 1. The lowest BCUT2D eigenvalue weighted by atomic mass is 10.2. The van der Waals surface area contributed by atoms with Crippen molar-refractivity contribution < 1.29 is 8.42 Å². The summed E-state index contributed by atoms with van der Waals surface area (Å²) in [7, 11) is -3.52. The number of aromatic nitrogens is 2. The fourth-order valence-electron chi connectivity index (χ4n) is 2.13. The number of hydrogen-bond donors (Lipinski definition) is 0. The van der Waals surface area contributed by atoms with Crippen molar-refractivity contribution in [1.29, 1.82) is 0 Å². The van der Waals surface area contributed by atoms with Gasteiger partial charge in [-0.1, -0.05) is 30.3 Å². The topological polar surface area (TPSA) is 52.0 Å². The number of pyridine rings is 1. The third kappa shape index (κ3) is 2.86. The minimum Gasteiger partial charge on any atom is -0.237 e. The second kappa shape index (κ2) is 5.69. The molecule has 4 nitrogen and oxygen atoms in total. The van der Waals surface area contributed by atoms with Crippen molar-refractivity contribution in [2.75, 3.05) is 0 Å². The summed E-state index contributed by atoms with van der Waals surface area (Å²) in [5.41, 5.74) is 1.20. The van der Waals surface area contributed by atoms with Gasteiger partial charge >= 0.3 is 0 Å². The van der Waals surface area contributed by atoms with Gasteiger partial charge in [-0.25, -0.2) is 17.4 Å². The Bertz CT molecular complexity index is 907. The normalized spacial score (nSPS) is 11.9. The Balaban J connectivity index is 2.15. The Hall–Kier alpha value is -0.930. The van der Waals surface area contributed by atoms with Gasteiger partial charge in [0.05, 0.1) is 9.45 Å². The largest absolute Gasteiger partial charge is 0.245 e. The van der Waals surface area contributed by atoms with Gasteiger partial charge in [0.2, 0.25) is 10.0 Å². The molecule has 0 saturated carbocycles. The number of halogens is 2. The minimum absolute atomic E-state index is 0.0538. The molecule has 0 unspecified atom stereocenters. The van der Waals surface area contributed by atoms with E-state index in [9.17, 15) is 8.42 Å². The Morgan fingerprint density at radius 2 is 1.90 bits per heavy atom. The van der Waals surface area contributed by atoms with Crippen LogP contribution in [0.1, 0.15) is 5.56 Å². The van der Waals surface area contributed by atoms with Gasteiger partial charge in [-0.05, 0) is 56.2 Å². The SMILES string of the molecule is O=S(=O)(Cc1ccccc1)n1c(I)cc2c(Br)ccnc21. The molecule has 0 N–H and O–H groups in total. The number of hydrogen-bond acceptors (Lipinski definition) is 3. The van der Waals surface area contributed by atoms with Crippen LogP contribution in [0.4, 0.5) is 0 Å². The fraction of sp³-hybridized carbons (Fsp3) is 0.0714. The summed E-state index contributed by atoms with van der Waals surface area (Å²) in [5.74, 6) is -0.0538. The maximum Gasteiger partial charge on any atom is 0.245 e. The van der Waals surface area contributed by atoms with E-state index >= 15 is 0 Å². The van der Waals surface area contributed by atoms with E-state index in [-0.39, 0.29) is 5.75 Å². The summed E-state index contributed by atoms with van der Waals surface area (Å²) < 4.78 is 28.2. The Kier molecular flexibility index (Phi) is 4.06. The van der Waals surface area contributed by atoms with Gasteiger partial charge in [-0.2, -0.15) is 0 Å². The predicted octanol–water partition coefficient (Wildman–Crippen LogP) is 3.78. The van der Waals surface area contributed by atoms with Gasteiger partial charge in [0, 0.05) is 16.1 Å². The molecular weight excluding hydrogens is 467 g/mol. The van der Waals surface area contributed by atoms with Gasteiger partial charge < -0.3 is 0 Å². The van der Waals surface area contributed by atoms with E-state index in [1.807, 2.05) is 46.9 Å². The highest BCUT2D eigenvalue weighted by Gasteiger charge is 2.22. The highest BCUT2D eigenvalue weighted by molar-refractivity contribution is 14.1. The molecule has 2 heterocycles. The summed E-state index contributed by atoms with van der Waals surface area (Å²) in [4.78, 5) is 4.22. The van der Waals surface area contributed by atoms with Crippen molar-refractivity contribution in [3.05, 3.63) is 62.4 Å². The second-order valence-electron chi connectivity index (χ2n) is 4.50. The highest BCUT2D eigenvalue weighted by atomic mass is 127. The average Bonchev–Trinajstić information content (AvgIpc) is 2.78. The summed E-state index contributed by atoms with van der Waals surface area (Å²) in [6, 6.07) is 12.8. The monoisotopic (exact) mass is 476 g/mol. The first-order valence-electron chi connectivity index (χ1n) is 6.08. The molecule has 108 valence electrons. The molecule has 1 aromatic carbocycles. The van der Waals surface area contributed by atoms with Crippen LogP contribution in [-0.4, -0.2) is 17.4 Å². The Morgan fingerprint density at radius 1 is 1.19 bits per heavy atom. The van der Waals surface area contributed by atoms with Crippen LogP contribution in [0.15, 0.2) is 53.1 Å². The molecule has 7 heteroatoms.